The number of nitriles is 1. The number of aryl methyl sites for hydroxylation is 1. The molecule has 1 amide bonds. The van der Waals surface area contributed by atoms with Crippen LogP contribution in [0.25, 0.3) is 0 Å². The van der Waals surface area contributed by atoms with Gasteiger partial charge in [0.1, 0.15) is 6.07 Å². The zero-order valence-electron chi connectivity index (χ0n) is 15.6. The second-order valence-corrected chi connectivity index (χ2v) is 7.22. The summed E-state index contributed by atoms with van der Waals surface area (Å²) in [6.07, 6.45) is -12.6. The van der Waals surface area contributed by atoms with Crippen molar-refractivity contribution >= 4 is 33.2 Å². The smallest absolute Gasteiger partial charge is 0.398 e. The van der Waals surface area contributed by atoms with Gasteiger partial charge in [-0.15, -0.1) is 0 Å². The molecule has 4 nitrogen and oxygen atoms in total. The Morgan fingerprint density at radius 1 is 1.10 bits per heavy atom. The summed E-state index contributed by atoms with van der Waals surface area (Å²) in [7, 11) is 0. The fourth-order valence-electron chi connectivity index (χ4n) is 2.76. The van der Waals surface area contributed by atoms with E-state index in [1.807, 2.05) is 0 Å². The van der Waals surface area contributed by atoms with Crippen LogP contribution in [0.2, 0.25) is 0 Å². The molecule has 0 spiro atoms. The third-order valence-electron chi connectivity index (χ3n) is 4.40. The summed E-state index contributed by atoms with van der Waals surface area (Å²) >= 11 is 2.82. The van der Waals surface area contributed by atoms with Crippen LogP contribution in [0.3, 0.4) is 0 Å². The maximum atomic E-state index is 14.4. The number of halogens is 8. The van der Waals surface area contributed by atoms with Crippen molar-refractivity contribution in [1.82, 2.24) is 0 Å². The molecule has 0 aliphatic rings. The van der Waals surface area contributed by atoms with Crippen LogP contribution in [0, 0.1) is 11.3 Å². The fourth-order valence-corrected chi connectivity index (χ4v) is 3.36. The van der Waals surface area contributed by atoms with Crippen molar-refractivity contribution in [2.24, 2.45) is 0 Å². The Labute approximate surface area is 180 Å². The molecule has 2 aromatic rings. The Hall–Kier alpha value is -2.81. The van der Waals surface area contributed by atoms with Crippen molar-refractivity contribution in [1.29, 1.82) is 5.26 Å². The summed E-state index contributed by atoms with van der Waals surface area (Å²) in [4.78, 5) is 12.5. The van der Waals surface area contributed by atoms with Crippen LogP contribution >= 0.6 is 15.9 Å². The number of nitrogens with two attached hydrogens (primary N) is 1. The predicted octanol–water partition coefficient (Wildman–Crippen LogP) is 6.01. The van der Waals surface area contributed by atoms with E-state index in [4.69, 9.17) is 11.0 Å². The number of rotatable bonds is 4. The average molecular weight is 512 g/mol. The van der Waals surface area contributed by atoms with Gasteiger partial charge in [0.15, 0.2) is 0 Å². The number of hydrogen-bond acceptors (Lipinski definition) is 3. The minimum absolute atomic E-state index is 0.00199. The van der Waals surface area contributed by atoms with E-state index in [1.54, 1.807) is 6.07 Å². The van der Waals surface area contributed by atoms with Crippen LogP contribution in [-0.4, -0.2) is 18.3 Å². The molecule has 0 aliphatic carbocycles. The van der Waals surface area contributed by atoms with E-state index >= 15 is 0 Å². The highest BCUT2D eigenvalue weighted by Crippen LogP contribution is 2.54. The first kappa shape index (κ1) is 24.5. The first-order chi connectivity index (χ1) is 14.2. The van der Waals surface area contributed by atoms with Gasteiger partial charge in [0.25, 0.3) is 5.91 Å². The lowest BCUT2D eigenvalue weighted by atomic mass is 9.91. The molecule has 0 bridgehead atoms. The molecule has 0 unspecified atom stereocenters. The van der Waals surface area contributed by atoms with Gasteiger partial charge in [-0.25, -0.2) is 4.39 Å². The number of benzene rings is 2. The number of nitrogens with one attached hydrogen (secondary N) is 1. The number of nitrogen functional groups attached to an aromatic ring is 1. The maximum Gasteiger partial charge on any atom is 0.435 e. The lowest BCUT2D eigenvalue weighted by Gasteiger charge is -2.31. The number of amides is 1. The predicted molar refractivity (Wildman–Crippen MR) is 102 cm³/mol. The van der Waals surface area contributed by atoms with Gasteiger partial charge >= 0.3 is 18.0 Å². The first-order valence-electron chi connectivity index (χ1n) is 8.43. The number of hydrogen-bond donors (Lipinski definition) is 2. The summed E-state index contributed by atoms with van der Waals surface area (Å²) in [5.74, 6) is -0.794. The van der Waals surface area contributed by atoms with Gasteiger partial charge < -0.3 is 11.1 Å². The zero-order valence-corrected chi connectivity index (χ0v) is 17.1. The topological polar surface area (TPSA) is 78.9 Å². The Morgan fingerprint density at radius 2 is 1.68 bits per heavy atom. The van der Waals surface area contributed by atoms with Crippen LogP contribution < -0.4 is 11.1 Å². The van der Waals surface area contributed by atoms with Gasteiger partial charge in [-0.2, -0.15) is 31.6 Å². The summed E-state index contributed by atoms with van der Waals surface area (Å²) in [5.41, 5.74) is -1.85. The van der Waals surface area contributed by atoms with E-state index in [-0.39, 0.29) is 39.0 Å². The minimum Gasteiger partial charge on any atom is -0.398 e. The van der Waals surface area contributed by atoms with Gasteiger partial charge in [0, 0.05) is 15.6 Å². The highest BCUT2D eigenvalue weighted by molar-refractivity contribution is 9.10. The second kappa shape index (κ2) is 8.37. The van der Waals surface area contributed by atoms with Crippen molar-refractivity contribution in [2.75, 3.05) is 11.1 Å². The summed E-state index contributed by atoms with van der Waals surface area (Å²) in [6, 6.07) is 6.25. The van der Waals surface area contributed by atoms with E-state index < -0.39 is 29.5 Å². The molecular weight excluding hydrogens is 499 g/mol. The normalized spacial score (nSPS) is 12.4. The van der Waals surface area contributed by atoms with Gasteiger partial charge in [-0.1, -0.05) is 6.92 Å². The number of nitrogens with zero attached hydrogens (tertiary/aromatic N) is 1. The monoisotopic (exact) mass is 511 g/mol. The molecule has 0 fully saturated rings. The molecule has 0 saturated carbocycles. The minimum atomic E-state index is -6.26. The molecule has 12 heteroatoms. The lowest BCUT2D eigenvalue weighted by Crippen LogP contribution is -2.50. The second-order valence-electron chi connectivity index (χ2n) is 6.37. The van der Waals surface area contributed by atoms with Crippen molar-refractivity contribution < 1.29 is 35.5 Å². The molecule has 0 radical (unpaired) electrons. The molecule has 2 rings (SSSR count). The number of anilines is 2. The largest absolute Gasteiger partial charge is 0.435 e. The number of carbonyl (C=O) groups is 1. The van der Waals surface area contributed by atoms with Crippen LogP contribution in [0.1, 0.15) is 34.0 Å². The summed E-state index contributed by atoms with van der Waals surface area (Å²) < 4.78 is 92.5. The van der Waals surface area contributed by atoms with Gasteiger partial charge in [0.05, 0.1) is 16.9 Å². The van der Waals surface area contributed by atoms with E-state index in [2.05, 4.69) is 21.2 Å². The summed E-state index contributed by atoms with van der Waals surface area (Å²) in [6.45, 7) is 1.40. The highest BCUT2D eigenvalue weighted by atomic mass is 79.9. The van der Waals surface area contributed by atoms with Crippen LogP contribution in [0.4, 0.5) is 42.1 Å². The molecule has 0 saturated heterocycles. The number of carbonyl (C=O) groups excluding carboxylic acids is 1. The van der Waals surface area contributed by atoms with Crippen LogP contribution in [0.5, 0.6) is 0 Å². The third kappa shape index (κ3) is 4.46. The van der Waals surface area contributed by atoms with Crippen molar-refractivity contribution in [3.05, 3.63) is 57.1 Å². The van der Waals surface area contributed by atoms with Crippen molar-refractivity contribution in [3.8, 4) is 6.07 Å². The SMILES string of the molecule is CCc1cc(C(F)(C(F)(F)F)C(F)(F)F)cc(Br)c1NC(=O)c1ccc(C#N)c(N)c1. The third-order valence-corrected chi connectivity index (χ3v) is 5.03. The van der Waals surface area contributed by atoms with Gasteiger partial charge in [-0.3, -0.25) is 4.79 Å². The molecule has 0 atom stereocenters. The molecule has 2 aromatic carbocycles. The fraction of sp³-hybridized carbons (Fsp3) is 0.263. The van der Waals surface area contributed by atoms with E-state index in [1.165, 1.54) is 25.1 Å². The Bertz CT molecular complexity index is 1040. The number of alkyl halides is 7. The molecule has 0 aliphatic heterocycles. The first-order valence-corrected chi connectivity index (χ1v) is 9.22. The summed E-state index contributed by atoms with van der Waals surface area (Å²) in [5, 5.41) is 11.2. The van der Waals surface area contributed by atoms with Gasteiger partial charge in [0.2, 0.25) is 0 Å². The molecule has 166 valence electrons. The van der Waals surface area contributed by atoms with Crippen LogP contribution in [0.15, 0.2) is 34.8 Å². The molecule has 0 aromatic heterocycles. The van der Waals surface area contributed by atoms with Crippen molar-refractivity contribution in [3.63, 3.8) is 0 Å². The standard InChI is InChI=1S/C19H13BrF7N3O/c1-2-9-5-12(17(21,18(22,23)24)19(25,26)27)7-13(20)15(9)30-16(31)10-3-4-11(8-28)14(29)6-10/h3-7H,2,29H2,1H3,(H,30,31). The lowest BCUT2D eigenvalue weighted by molar-refractivity contribution is -0.348. The van der Waals surface area contributed by atoms with Crippen LogP contribution in [-0.2, 0) is 12.1 Å². The Balaban J connectivity index is 2.54. The quantitative estimate of drug-likeness (QED) is 0.389. The van der Waals surface area contributed by atoms with E-state index in [9.17, 15) is 35.5 Å². The maximum absolute atomic E-state index is 14.4. The Morgan fingerprint density at radius 3 is 2.13 bits per heavy atom. The molecular formula is C19H13BrF7N3O. The van der Waals surface area contributed by atoms with E-state index in [0.717, 1.165) is 0 Å². The average Bonchev–Trinajstić information content (AvgIpc) is 2.66. The molecule has 31 heavy (non-hydrogen) atoms. The molecule has 0 heterocycles. The van der Waals surface area contributed by atoms with E-state index in [0.29, 0.717) is 12.1 Å². The highest BCUT2D eigenvalue weighted by Gasteiger charge is 2.73. The Kier molecular flexibility index (Phi) is 6.61. The zero-order chi connectivity index (χ0) is 23.8. The van der Waals surface area contributed by atoms with Crippen molar-refractivity contribution in [2.45, 2.75) is 31.4 Å². The van der Waals surface area contributed by atoms with Gasteiger partial charge in [-0.05, 0) is 58.2 Å². The molecule has 3 N–H and O–H groups in total.